The van der Waals surface area contributed by atoms with E-state index in [0.29, 0.717) is 32.1 Å². The molecule has 58 heavy (non-hydrogen) atoms. The van der Waals surface area contributed by atoms with Crippen molar-refractivity contribution in [3.8, 4) is 0 Å². The third kappa shape index (κ3) is 22.1. The maximum Gasteiger partial charge on any atom is 0.326 e. The average Bonchev–Trinajstić information content (AvgIpc) is 3.17. The predicted octanol–water partition coefficient (Wildman–Crippen LogP) is -5.59. The molecule has 7 atom stereocenters. The lowest BCUT2D eigenvalue weighted by molar-refractivity contribution is -0.143. The largest absolute Gasteiger partial charge is 0.481 e. The van der Waals surface area contributed by atoms with E-state index in [1.54, 1.807) is 0 Å². The Balaban J connectivity index is 6.25. The van der Waals surface area contributed by atoms with Crippen molar-refractivity contribution in [2.45, 2.75) is 126 Å². The molecule has 0 aromatic carbocycles. The van der Waals surface area contributed by atoms with Crippen molar-refractivity contribution >= 4 is 53.4 Å². The zero-order valence-electron chi connectivity index (χ0n) is 32.5. The Bertz CT molecular complexity index is 1360. The number of nitrogens with one attached hydrogen (secondary N) is 6. The highest BCUT2D eigenvalue weighted by Crippen LogP contribution is 2.09. The molecule has 0 aromatic rings. The van der Waals surface area contributed by atoms with Crippen molar-refractivity contribution in [3.63, 3.8) is 0 Å². The SMILES string of the molecule is NCCCC[C@H](NC(=O)[C@H](CCC(=O)O)NC(=O)[C@H](CCCCN)NC(=O)[C@H](CO)NC(=O)[C@H](CCC(=O)O)NC(=O)[C@H](CCCCN)NC(=O)[C@@H](N)CO)C(=O)O. The number of hydrogen-bond donors (Lipinski definition) is 15. The van der Waals surface area contributed by atoms with Gasteiger partial charge in [0.05, 0.1) is 13.2 Å². The van der Waals surface area contributed by atoms with E-state index in [2.05, 4.69) is 31.9 Å². The highest BCUT2D eigenvalue weighted by atomic mass is 16.4. The summed E-state index contributed by atoms with van der Waals surface area (Å²) in [4.78, 5) is 114. The van der Waals surface area contributed by atoms with E-state index in [9.17, 15) is 68.7 Å². The lowest BCUT2D eigenvalue weighted by atomic mass is 10.0. The van der Waals surface area contributed by atoms with E-state index < -0.39 is 135 Å². The molecule has 0 aliphatic heterocycles. The average molecular weight is 835 g/mol. The highest BCUT2D eigenvalue weighted by Gasteiger charge is 2.33. The molecule has 0 rings (SSSR count). The van der Waals surface area contributed by atoms with Crippen molar-refractivity contribution in [1.29, 1.82) is 0 Å². The first kappa shape index (κ1) is 53.0. The topological polar surface area (TPSA) is 431 Å². The Morgan fingerprint density at radius 3 is 1.00 bits per heavy atom. The molecule has 0 heterocycles. The summed E-state index contributed by atoms with van der Waals surface area (Å²) < 4.78 is 0. The van der Waals surface area contributed by atoms with Crippen molar-refractivity contribution < 1.29 is 68.7 Å². The number of rotatable bonds is 33. The lowest BCUT2D eigenvalue weighted by Crippen LogP contribution is -2.60. The van der Waals surface area contributed by atoms with Gasteiger partial charge in [-0.3, -0.25) is 38.4 Å². The molecular formula is C34H62N10O14. The minimum Gasteiger partial charge on any atom is -0.481 e. The molecule has 332 valence electrons. The van der Waals surface area contributed by atoms with Gasteiger partial charge in [0.2, 0.25) is 35.4 Å². The van der Waals surface area contributed by atoms with E-state index in [1.807, 2.05) is 0 Å². The molecule has 19 N–H and O–H groups in total. The molecule has 0 saturated carbocycles. The number of aliphatic hydroxyl groups is 2. The summed E-state index contributed by atoms with van der Waals surface area (Å²) in [5.74, 6) is -10.1. The van der Waals surface area contributed by atoms with Gasteiger partial charge in [0.15, 0.2) is 0 Å². The molecule has 0 aliphatic carbocycles. The third-order valence-electron chi connectivity index (χ3n) is 8.63. The third-order valence-corrected chi connectivity index (χ3v) is 8.63. The molecular weight excluding hydrogens is 772 g/mol. The van der Waals surface area contributed by atoms with Gasteiger partial charge >= 0.3 is 17.9 Å². The van der Waals surface area contributed by atoms with E-state index >= 15 is 0 Å². The fourth-order valence-corrected chi connectivity index (χ4v) is 5.26. The number of hydrogen-bond acceptors (Lipinski definition) is 15. The summed E-state index contributed by atoms with van der Waals surface area (Å²) >= 11 is 0. The molecule has 0 aliphatic rings. The maximum atomic E-state index is 13.5. The summed E-state index contributed by atoms with van der Waals surface area (Å²) in [6.07, 6.45) is -0.0923. The van der Waals surface area contributed by atoms with Crippen LogP contribution in [-0.4, -0.2) is 154 Å². The van der Waals surface area contributed by atoms with Gasteiger partial charge in [-0.25, -0.2) is 4.79 Å². The van der Waals surface area contributed by atoms with Crippen LogP contribution in [0.1, 0.15) is 83.5 Å². The molecule has 6 amide bonds. The summed E-state index contributed by atoms with van der Waals surface area (Å²) in [5.41, 5.74) is 22.1. The van der Waals surface area contributed by atoms with E-state index in [1.165, 1.54) is 0 Å². The van der Waals surface area contributed by atoms with Crippen LogP contribution >= 0.6 is 0 Å². The van der Waals surface area contributed by atoms with Gasteiger partial charge in [-0.1, -0.05) is 0 Å². The number of carbonyl (C=O) groups excluding carboxylic acids is 6. The first-order valence-electron chi connectivity index (χ1n) is 19.0. The second-order valence-electron chi connectivity index (χ2n) is 13.4. The molecule has 0 bridgehead atoms. The second-order valence-corrected chi connectivity index (χ2v) is 13.4. The minimum absolute atomic E-state index is 0.00394. The van der Waals surface area contributed by atoms with Crippen LogP contribution in [0.15, 0.2) is 0 Å². The Morgan fingerprint density at radius 1 is 0.397 bits per heavy atom. The number of carbonyl (C=O) groups is 9. The Kier molecular flexibility index (Phi) is 27.5. The number of carboxylic acid groups (broad SMARTS) is 3. The number of nitrogens with two attached hydrogens (primary N) is 4. The van der Waals surface area contributed by atoms with Crippen molar-refractivity contribution in [2.75, 3.05) is 32.8 Å². The zero-order chi connectivity index (χ0) is 44.2. The monoisotopic (exact) mass is 834 g/mol. The maximum absolute atomic E-state index is 13.5. The van der Waals surface area contributed by atoms with Gasteiger partial charge < -0.3 is 80.4 Å². The molecule has 0 aromatic heterocycles. The van der Waals surface area contributed by atoms with Gasteiger partial charge in [-0.05, 0) is 90.3 Å². The van der Waals surface area contributed by atoms with Gasteiger partial charge in [-0.2, -0.15) is 0 Å². The van der Waals surface area contributed by atoms with E-state index in [-0.39, 0.29) is 45.3 Å². The van der Waals surface area contributed by atoms with Crippen LogP contribution in [0.4, 0.5) is 0 Å². The van der Waals surface area contributed by atoms with Crippen LogP contribution in [0.3, 0.4) is 0 Å². The van der Waals surface area contributed by atoms with Gasteiger partial charge in [0.25, 0.3) is 0 Å². The fraction of sp³-hybridized carbons (Fsp3) is 0.735. The van der Waals surface area contributed by atoms with E-state index in [4.69, 9.17) is 22.9 Å². The summed E-state index contributed by atoms with van der Waals surface area (Å²) in [7, 11) is 0. The smallest absolute Gasteiger partial charge is 0.326 e. The van der Waals surface area contributed by atoms with Crippen LogP contribution in [0.2, 0.25) is 0 Å². The number of amides is 6. The Morgan fingerprint density at radius 2 is 0.690 bits per heavy atom. The van der Waals surface area contributed by atoms with Crippen LogP contribution < -0.4 is 54.8 Å². The van der Waals surface area contributed by atoms with Crippen molar-refractivity contribution in [3.05, 3.63) is 0 Å². The molecule has 24 heteroatoms. The summed E-state index contributed by atoms with van der Waals surface area (Å²) in [6, 6.07) is -10.5. The van der Waals surface area contributed by atoms with Crippen LogP contribution in [0.5, 0.6) is 0 Å². The molecule has 0 unspecified atom stereocenters. The lowest BCUT2D eigenvalue weighted by Gasteiger charge is -2.27. The quantitative estimate of drug-likeness (QED) is 0.0274. The van der Waals surface area contributed by atoms with Crippen LogP contribution in [0, 0.1) is 0 Å². The fourth-order valence-electron chi connectivity index (χ4n) is 5.26. The summed E-state index contributed by atoms with van der Waals surface area (Å²) in [5, 5.41) is 61.3. The first-order valence-corrected chi connectivity index (χ1v) is 19.0. The molecule has 0 radical (unpaired) electrons. The Hall–Kier alpha value is -5.01. The second kappa shape index (κ2) is 30.1. The summed E-state index contributed by atoms with van der Waals surface area (Å²) in [6.45, 7) is -1.08. The number of unbranched alkanes of at least 4 members (excludes halogenated alkanes) is 3. The zero-order valence-corrected chi connectivity index (χ0v) is 32.5. The van der Waals surface area contributed by atoms with Crippen LogP contribution in [-0.2, 0) is 43.2 Å². The predicted molar refractivity (Wildman–Crippen MR) is 204 cm³/mol. The minimum atomic E-state index is -1.79. The normalized spacial score (nSPS) is 14.6. The molecule has 0 saturated heterocycles. The van der Waals surface area contributed by atoms with Crippen LogP contribution in [0.25, 0.3) is 0 Å². The van der Waals surface area contributed by atoms with Gasteiger partial charge in [-0.15, -0.1) is 0 Å². The molecule has 0 fully saturated rings. The number of aliphatic hydroxyl groups excluding tert-OH is 2. The molecule has 24 nitrogen and oxygen atoms in total. The first-order chi connectivity index (χ1) is 27.4. The van der Waals surface area contributed by atoms with Gasteiger partial charge in [0.1, 0.15) is 42.3 Å². The number of aliphatic carboxylic acids is 3. The van der Waals surface area contributed by atoms with Crippen molar-refractivity contribution in [1.82, 2.24) is 31.9 Å². The Labute approximate surface area is 335 Å². The van der Waals surface area contributed by atoms with Crippen molar-refractivity contribution in [2.24, 2.45) is 22.9 Å². The van der Waals surface area contributed by atoms with Gasteiger partial charge in [0, 0.05) is 12.8 Å². The molecule has 0 spiro atoms. The number of carboxylic acids is 3. The standard InChI is InChI=1S/C34H62N10O14/c35-14-4-1-7-20(39-28(51)19(38)17-45)29(52)42-23(11-13-27(49)50)32(55)44-25(18-46)33(56)40-21(8-2-5-15-36)30(53)41-22(10-12-26(47)48)31(54)43-24(34(57)58)9-3-6-16-37/h19-25,45-46H,1-18,35-38H2,(H,39,51)(H,40,56)(H,41,53)(H,42,52)(H,43,54)(H,44,55)(H,47,48)(H,49,50)(H,57,58)/t19-,20-,21-,22-,23-,24-,25-/m0/s1. The van der Waals surface area contributed by atoms with E-state index in [0.717, 1.165) is 0 Å². The highest BCUT2D eigenvalue weighted by molar-refractivity contribution is 5.97.